The van der Waals surface area contributed by atoms with Crippen molar-refractivity contribution >= 4 is 23.9 Å². The second-order valence-corrected chi connectivity index (χ2v) is 9.50. The van der Waals surface area contributed by atoms with Crippen molar-refractivity contribution in [2.45, 2.75) is 38.0 Å². The quantitative estimate of drug-likeness (QED) is 0.104. The molecule has 2 aromatic carbocycles. The van der Waals surface area contributed by atoms with Crippen molar-refractivity contribution in [1.29, 1.82) is 0 Å². The Morgan fingerprint density at radius 2 is 1.53 bits per heavy atom. The maximum Gasteiger partial charge on any atom is 0.408 e. The first-order chi connectivity index (χ1) is 20.9. The lowest BCUT2D eigenvalue weighted by Gasteiger charge is -2.24. The molecular weight excluding hydrogens is 554 g/mol. The minimum Gasteiger partial charge on any atom is -0.462 e. The van der Waals surface area contributed by atoms with E-state index in [-0.39, 0.29) is 64.7 Å². The zero-order valence-electron chi connectivity index (χ0n) is 24.2. The molecule has 0 bridgehead atoms. The smallest absolute Gasteiger partial charge is 0.408 e. The zero-order valence-corrected chi connectivity index (χ0v) is 24.2. The largest absolute Gasteiger partial charge is 0.462 e. The molecule has 2 aromatic rings. The number of esters is 1. The number of aliphatic hydroxyl groups excluding tert-OH is 1. The summed E-state index contributed by atoms with van der Waals surface area (Å²) in [4.78, 5) is 51.0. The fourth-order valence-corrected chi connectivity index (χ4v) is 3.96. The van der Waals surface area contributed by atoms with Crippen molar-refractivity contribution < 1.29 is 38.5 Å². The van der Waals surface area contributed by atoms with Crippen molar-refractivity contribution in [3.63, 3.8) is 0 Å². The average Bonchev–Trinajstić information content (AvgIpc) is 3.02. The third kappa shape index (κ3) is 13.8. The number of benzene rings is 2. The van der Waals surface area contributed by atoms with Crippen LogP contribution in [-0.4, -0.2) is 68.0 Å². The van der Waals surface area contributed by atoms with Crippen LogP contribution in [0.4, 0.5) is 4.79 Å². The van der Waals surface area contributed by atoms with Crippen molar-refractivity contribution in [3.05, 3.63) is 97.1 Å². The lowest BCUT2D eigenvalue weighted by molar-refractivity contribution is -0.147. The second-order valence-electron chi connectivity index (χ2n) is 9.50. The van der Waals surface area contributed by atoms with Crippen molar-refractivity contribution in [3.8, 4) is 0 Å². The van der Waals surface area contributed by atoms with Gasteiger partial charge < -0.3 is 35.3 Å². The Kier molecular flexibility index (Phi) is 16.5. The summed E-state index contributed by atoms with van der Waals surface area (Å²) in [6.07, 6.45) is 2.51. The minimum atomic E-state index is -1.05. The van der Waals surface area contributed by atoms with Crippen LogP contribution >= 0.6 is 0 Å². The number of ether oxygens (including phenoxy) is 3. The molecule has 0 heterocycles. The van der Waals surface area contributed by atoms with Crippen molar-refractivity contribution in [1.82, 2.24) is 16.0 Å². The lowest BCUT2D eigenvalue weighted by atomic mass is 9.98. The predicted molar refractivity (Wildman–Crippen MR) is 160 cm³/mol. The molecule has 0 aliphatic carbocycles. The van der Waals surface area contributed by atoms with E-state index in [0.29, 0.717) is 5.56 Å². The molecule has 2 rings (SSSR count). The first kappa shape index (κ1) is 34.7. The van der Waals surface area contributed by atoms with Crippen LogP contribution in [0.5, 0.6) is 0 Å². The number of alkyl carbamates (subject to hydrolysis) is 1. The van der Waals surface area contributed by atoms with E-state index in [1.165, 1.54) is 6.08 Å². The van der Waals surface area contributed by atoms with E-state index >= 15 is 0 Å². The van der Waals surface area contributed by atoms with Gasteiger partial charge in [0.2, 0.25) is 11.8 Å². The van der Waals surface area contributed by atoms with Gasteiger partial charge in [-0.2, -0.15) is 0 Å². The molecule has 3 unspecified atom stereocenters. The highest BCUT2D eigenvalue weighted by atomic mass is 16.6. The highest BCUT2D eigenvalue weighted by Crippen LogP contribution is 2.17. The monoisotopic (exact) mass is 595 g/mol. The molecule has 43 heavy (non-hydrogen) atoms. The van der Waals surface area contributed by atoms with Gasteiger partial charge in [0.15, 0.2) is 0 Å². The molecule has 0 aliphatic rings. The van der Waals surface area contributed by atoms with Crippen LogP contribution in [0.2, 0.25) is 0 Å². The fourth-order valence-electron chi connectivity index (χ4n) is 3.96. The average molecular weight is 596 g/mol. The minimum absolute atomic E-state index is 0.0338. The number of amides is 3. The molecule has 11 nitrogen and oxygen atoms in total. The van der Waals surface area contributed by atoms with Gasteiger partial charge in [-0.05, 0) is 24.0 Å². The number of carbonyl (C=O) groups is 4. The Labute approximate surface area is 252 Å². The molecule has 0 fully saturated rings. The summed E-state index contributed by atoms with van der Waals surface area (Å²) >= 11 is 0. The number of aliphatic hydroxyl groups is 1. The van der Waals surface area contributed by atoms with Gasteiger partial charge in [0.1, 0.15) is 19.3 Å². The summed E-state index contributed by atoms with van der Waals surface area (Å²) in [5, 5.41) is 16.8. The van der Waals surface area contributed by atoms with Crippen molar-refractivity contribution in [2.75, 3.05) is 33.0 Å². The molecule has 11 heteroatoms. The topological polar surface area (TPSA) is 152 Å². The van der Waals surface area contributed by atoms with E-state index in [1.54, 1.807) is 30.3 Å². The molecular formula is C32H41N3O8. The summed E-state index contributed by atoms with van der Waals surface area (Å²) in [6, 6.07) is 16.3. The Morgan fingerprint density at radius 3 is 2.19 bits per heavy atom. The Balaban J connectivity index is 2.00. The summed E-state index contributed by atoms with van der Waals surface area (Å²) in [7, 11) is 0. The normalized spacial score (nSPS) is 12.6. The van der Waals surface area contributed by atoms with Gasteiger partial charge in [0.25, 0.3) is 0 Å². The van der Waals surface area contributed by atoms with Gasteiger partial charge in [-0.3, -0.25) is 9.59 Å². The highest BCUT2D eigenvalue weighted by molar-refractivity contribution is 5.86. The van der Waals surface area contributed by atoms with Crippen LogP contribution in [0.25, 0.3) is 0 Å². The van der Waals surface area contributed by atoms with Gasteiger partial charge >= 0.3 is 12.1 Å². The van der Waals surface area contributed by atoms with E-state index in [9.17, 15) is 19.2 Å². The van der Waals surface area contributed by atoms with E-state index < -0.39 is 36.0 Å². The number of hydrogen-bond acceptors (Lipinski definition) is 8. The molecule has 0 aliphatic heterocycles. The number of nitrogens with one attached hydrogen (secondary N) is 3. The maximum atomic E-state index is 13.3. The van der Waals surface area contributed by atoms with Crippen LogP contribution in [-0.2, 0) is 35.2 Å². The van der Waals surface area contributed by atoms with Gasteiger partial charge in [-0.25, -0.2) is 9.59 Å². The molecule has 0 aromatic heterocycles. The first-order valence-electron chi connectivity index (χ1n) is 14.0. The highest BCUT2D eigenvalue weighted by Gasteiger charge is 2.27. The summed E-state index contributed by atoms with van der Waals surface area (Å²) in [5.41, 5.74) is 1.48. The molecule has 0 radical (unpaired) electrons. The van der Waals surface area contributed by atoms with Crippen molar-refractivity contribution in [2.24, 2.45) is 5.92 Å². The van der Waals surface area contributed by atoms with Crippen LogP contribution in [0.3, 0.4) is 0 Å². The molecule has 232 valence electrons. The van der Waals surface area contributed by atoms with E-state index in [4.69, 9.17) is 19.3 Å². The zero-order chi connectivity index (χ0) is 31.3. The number of hydrogen-bond donors (Lipinski definition) is 4. The second kappa shape index (κ2) is 20.4. The summed E-state index contributed by atoms with van der Waals surface area (Å²) in [6.45, 7) is 7.68. The summed E-state index contributed by atoms with van der Waals surface area (Å²) < 4.78 is 15.9. The van der Waals surface area contributed by atoms with E-state index in [0.717, 1.165) is 5.56 Å². The predicted octanol–water partition coefficient (Wildman–Crippen LogP) is 2.97. The number of carbonyl (C=O) groups excluding carboxylic acids is 4. The fraction of sp³-hybridized carbons (Fsp3) is 0.375. The van der Waals surface area contributed by atoms with Crippen LogP contribution in [0.15, 0.2) is 86.0 Å². The third-order valence-corrected chi connectivity index (χ3v) is 6.16. The van der Waals surface area contributed by atoms with E-state index in [1.807, 2.05) is 36.4 Å². The molecule has 0 saturated carbocycles. The Bertz CT molecular complexity index is 1160. The molecule has 4 N–H and O–H groups in total. The molecule has 3 atom stereocenters. The SMILES string of the molecule is C=CCC(CC(=O)NCCOCCO)C(=O)NC(COC(=O)C(CC=C)NC(=O)OCc1ccccc1)c1ccccc1. The molecule has 0 spiro atoms. The maximum absolute atomic E-state index is 13.3. The number of allylic oxidation sites excluding steroid dienone is 1. The number of rotatable bonds is 20. The third-order valence-electron chi connectivity index (χ3n) is 6.16. The molecule has 3 amide bonds. The Hall–Kier alpha value is -4.48. The molecule has 0 saturated heterocycles. The van der Waals surface area contributed by atoms with Gasteiger partial charge in [-0.15, -0.1) is 13.2 Å². The standard InChI is InChI=1S/C32H41N3O8/c1-3-11-26(21-29(37)33-17-19-41-20-18-36)30(38)34-28(25-15-9-6-10-16-25)23-42-31(39)27(12-4-2)35-32(40)43-22-24-13-7-5-8-14-24/h3-10,13-16,26-28,36H,1-2,11-12,17-23H2,(H,33,37)(H,34,38)(H,35,40). The van der Waals surface area contributed by atoms with Gasteiger partial charge in [0.05, 0.1) is 31.8 Å². The van der Waals surface area contributed by atoms with E-state index in [2.05, 4.69) is 29.1 Å². The van der Waals surface area contributed by atoms with Crippen LogP contribution in [0, 0.1) is 5.92 Å². The van der Waals surface area contributed by atoms with Crippen LogP contribution in [0.1, 0.15) is 36.4 Å². The first-order valence-corrected chi connectivity index (χ1v) is 14.0. The Morgan fingerprint density at radius 1 is 0.860 bits per heavy atom. The van der Waals surface area contributed by atoms with Crippen LogP contribution < -0.4 is 16.0 Å². The van der Waals surface area contributed by atoms with Gasteiger partial charge in [-0.1, -0.05) is 72.8 Å². The lowest BCUT2D eigenvalue weighted by Crippen LogP contribution is -2.43. The summed E-state index contributed by atoms with van der Waals surface area (Å²) in [5.74, 6) is -2.19. The van der Waals surface area contributed by atoms with Gasteiger partial charge in [0, 0.05) is 13.0 Å².